The van der Waals surface area contributed by atoms with E-state index in [1.165, 1.54) is 25.1 Å². The van der Waals surface area contributed by atoms with Crippen molar-refractivity contribution in [2.45, 2.75) is 19.9 Å². The zero-order valence-electron chi connectivity index (χ0n) is 13.7. The highest BCUT2D eigenvalue weighted by Gasteiger charge is 2.31. The summed E-state index contributed by atoms with van der Waals surface area (Å²) in [7, 11) is -3.85. The number of sulfonamides is 1. The molecule has 0 saturated heterocycles. The van der Waals surface area contributed by atoms with E-state index in [1.54, 1.807) is 12.1 Å². The van der Waals surface area contributed by atoms with Crippen molar-refractivity contribution in [3.05, 3.63) is 59.9 Å². The highest BCUT2D eigenvalue weighted by Crippen LogP contribution is 2.25. The van der Waals surface area contributed by atoms with Crippen LogP contribution in [0.15, 0.2) is 48.5 Å². The summed E-state index contributed by atoms with van der Waals surface area (Å²) in [4.78, 5) is 12.5. The molecule has 0 aliphatic heterocycles. The SMILES string of the molecule is Cc1ccccc1NC(=O)C(C)N(c1ccccc1F)S(C)(=O)=O. The molecule has 1 amide bonds. The van der Waals surface area contributed by atoms with Gasteiger partial charge < -0.3 is 5.32 Å². The Labute approximate surface area is 141 Å². The second-order valence-corrected chi connectivity index (χ2v) is 7.35. The average molecular weight is 350 g/mol. The molecule has 0 heterocycles. The third-order valence-corrected chi connectivity index (χ3v) is 4.81. The van der Waals surface area contributed by atoms with Gasteiger partial charge in [0.2, 0.25) is 15.9 Å². The Morgan fingerprint density at radius 2 is 1.71 bits per heavy atom. The standard InChI is InChI=1S/C17H19FN2O3S/c1-12-8-4-6-10-15(12)19-17(21)13(2)20(24(3,22)23)16-11-7-5-9-14(16)18/h4-11,13H,1-3H3,(H,19,21). The Bertz CT molecular complexity index is 852. The van der Waals surface area contributed by atoms with E-state index >= 15 is 0 Å². The number of hydrogen-bond acceptors (Lipinski definition) is 3. The molecule has 1 unspecified atom stereocenters. The molecule has 0 saturated carbocycles. The van der Waals surface area contributed by atoms with Gasteiger partial charge in [-0.1, -0.05) is 30.3 Å². The van der Waals surface area contributed by atoms with E-state index in [4.69, 9.17) is 0 Å². The lowest BCUT2D eigenvalue weighted by atomic mass is 10.2. The number of anilines is 2. The zero-order chi connectivity index (χ0) is 17.9. The number of halogens is 1. The molecule has 0 spiro atoms. The normalized spacial score (nSPS) is 12.5. The quantitative estimate of drug-likeness (QED) is 0.902. The maximum absolute atomic E-state index is 14.0. The van der Waals surface area contributed by atoms with Crippen LogP contribution in [-0.4, -0.2) is 26.6 Å². The number of carbonyl (C=O) groups excluding carboxylic acids is 1. The van der Waals surface area contributed by atoms with E-state index in [9.17, 15) is 17.6 Å². The van der Waals surface area contributed by atoms with Gasteiger partial charge >= 0.3 is 0 Å². The number of nitrogens with zero attached hydrogens (tertiary/aromatic N) is 1. The summed E-state index contributed by atoms with van der Waals surface area (Å²) in [5.41, 5.74) is 1.26. The van der Waals surface area contributed by atoms with Crippen LogP contribution in [0.3, 0.4) is 0 Å². The van der Waals surface area contributed by atoms with Crippen LogP contribution in [-0.2, 0) is 14.8 Å². The molecular formula is C17H19FN2O3S. The van der Waals surface area contributed by atoms with Crippen LogP contribution in [0.25, 0.3) is 0 Å². The van der Waals surface area contributed by atoms with Gasteiger partial charge in [0.15, 0.2) is 0 Å². The molecular weight excluding hydrogens is 331 g/mol. The predicted molar refractivity (Wildman–Crippen MR) is 93.0 cm³/mol. The van der Waals surface area contributed by atoms with Crippen LogP contribution in [0.4, 0.5) is 15.8 Å². The summed E-state index contributed by atoms with van der Waals surface area (Å²) in [6.45, 7) is 3.24. The second kappa shape index (κ2) is 7.00. The van der Waals surface area contributed by atoms with Crippen LogP contribution < -0.4 is 9.62 Å². The summed E-state index contributed by atoms with van der Waals surface area (Å²) in [6.07, 6.45) is 0.941. The Kier molecular flexibility index (Phi) is 5.23. The highest BCUT2D eigenvalue weighted by atomic mass is 32.2. The fourth-order valence-electron chi connectivity index (χ4n) is 2.36. The molecule has 0 fully saturated rings. The van der Waals surface area contributed by atoms with Gasteiger partial charge in [-0.15, -0.1) is 0 Å². The van der Waals surface area contributed by atoms with Gasteiger partial charge in [0, 0.05) is 5.69 Å². The van der Waals surface area contributed by atoms with Gasteiger partial charge in [-0.2, -0.15) is 0 Å². The first kappa shape index (κ1) is 17.9. The second-order valence-electron chi connectivity index (χ2n) is 5.49. The predicted octanol–water partition coefficient (Wildman–Crippen LogP) is 2.93. The molecule has 1 atom stereocenters. The molecule has 0 radical (unpaired) electrons. The Morgan fingerprint density at radius 3 is 2.29 bits per heavy atom. The van der Waals surface area contributed by atoms with Crippen molar-refractivity contribution in [1.29, 1.82) is 0 Å². The molecule has 0 aliphatic rings. The van der Waals surface area contributed by atoms with Crippen LogP contribution >= 0.6 is 0 Å². The first-order chi connectivity index (χ1) is 11.2. The van der Waals surface area contributed by atoms with Crippen LogP contribution in [0, 0.1) is 12.7 Å². The van der Waals surface area contributed by atoms with E-state index < -0.39 is 27.8 Å². The highest BCUT2D eigenvalue weighted by molar-refractivity contribution is 7.92. The Hall–Kier alpha value is -2.41. The number of carbonyl (C=O) groups is 1. The van der Waals surface area contributed by atoms with E-state index in [0.29, 0.717) is 5.69 Å². The summed E-state index contributed by atoms with van der Waals surface area (Å²) in [6, 6.07) is 11.5. The number of aryl methyl sites for hydroxylation is 1. The molecule has 0 bridgehead atoms. The van der Waals surface area contributed by atoms with Gasteiger partial charge in [-0.25, -0.2) is 12.8 Å². The fourth-order valence-corrected chi connectivity index (χ4v) is 3.54. The minimum atomic E-state index is -3.85. The number of amides is 1. The number of hydrogen-bond donors (Lipinski definition) is 1. The summed E-state index contributed by atoms with van der Waals surface area (Å²) < 4.78 is 39.1. The van der Waals surface area contributed by atoms with Gasteiger partial charge in [0.25, 0.3) is 0 Å². The lowest BCUT2D eigenvalue weighted by Crippen LogP contribution is -2.45. The summed E-state index contributed by atoms with van der Waals surface area (Å²) >= 11 is 0. The van der Waals surface area contributed by atoms with E-state index in [1.807, 2.05) is 19.1 Å². The van der Waals surface area contributed by atoms with Crippen LogP contribution in [0.5, 0.6) is 0 Å². The minimum Gasteiger partial charge on any atom is -0.324 e. The molecule has 2 aromatic rings. The van der Waals surface area contributed by atoms with Gasteiger partial charge in [0.05, 0.1) is 11.9 Å². The number of benzene rings is 2. The van der Waals surface area contributed by atoms with E-state index in [-0.39, 0.29) is 5.69 Å². The first-order valence-electron chi connectivity index (χ1n) is 7.32. The van der Waals surface area contributed by atoms with Crippen molar-refractivity contribution >= 4 is 27.3 Å². The average Bonchev–Trinajstić information content (AvgIpc) is 2.50. The maximum Gasteiger partial charge on any atom is 0.248 e. The van der Waals surface area contributed by atoms with E-state index in [0.717, 1.165) is 22.2 Å². The smallest absolute Gasteiger partial charge is 0.248 e. The Balaban J connectivity index is 2.36. The molecule has 0 aliphatic carbocycles. The molecule has 24 heavy (non-hydrogen) atoms. The van der Waals surface area contributed by atoms with Crippen LogP contribution in [0.1, 0.15) is 12.5 Å². The number of nitrogens with one attached hydrogen (secondary N) is 1. The molecule has 128 valence electrons. The third-order valence-electron chi connectivity index (χ3n) is 3.58. The van der Waals surface area contributed by atoms with Crippen LogP contribution in [0.2, 0.25) is 0 Å². The van der Waals surface area contributed by atoms with Crippen molar-refractivity contribution in [2.24, 2.45) is 0 Å². The monoisotopic (exact) mass is 350 g/mol. The van der Waals surface area contributed by atoms with Crippen molar-refractivity contribution in [1.82, 2.24) is 0 Å². The topological polar surface area (TPSA) is 66.5 Å². The minimum absolute atomic E-state index is 0.160. The first-order valence-corrected chi connectivity index (χ1v) is 9.17. The molecule has 0 aromatic heterocycles. The van der Waals surface area contributed by atoms with Crippen molar-refractivity contribution in [3.63, 3.8) is 0 Å². The van der Waals surface area contributed by atoms with Crippen molar-refractivity contribution in [2.75, 3.05) is 15.9 Å². The number of para-hydroxylation sites is 2. The molecule has 1 N–H and O–H groups in total. The lowest BCUT2D eigenvalue weighted by molar-refractivity contribution is -0.116. The maximum atomic E-state index is 14.0. The van der Waals surface area contributed by atoms with Gasteiger partial charge in [0.1, 0.15) is 11.9 Å². The largest absolute Gasteiger partial charge is 0.324 e. The Morgan fingerprint density at radius 1 is 1.12 bits per heavy atom. The lowest BCUT2D eigenvalue weighted by Gasteiger charge is -2.28. The fraction of sp³-hybridized carbons (Fsp3) is 0.235. The number of rotatable bonds is 5. The summed E-state index contributed by atoms with van der Waals surface area (Å²) in [5, 5.41) is 2.68. The van der Waals surface area contributed by atoms with Gasteiger partial charge in [-0.05, 0) is 37.6 Å². The summed E-state index contributed by atoms with van der Waals surface area (Å²) in [5.74, 6) is -1.25. The molecule has 2 rings (SSSR count). The molecule has 7 heteroatoms. The molecule has 5 nitrogen and oxygen atoms in total. The molecule has 2 aromatic carbocycles. The zero-order valence-corrected chi connectivity index (χ0v) is 14.5. The third kappa shape index (κ3) is 3.91. The van der Waals surface area contributed by atoms with E-state index in [2.05, 4.69) is 5.32 Å². The van der Waals surface area contributed by atoms with Crippen molar-refractivity contribution in [3.8, 4) is 0 Å². The van der Waals surface area contributed by atoms with Crippen molar-refractivity contribution < 1.29 is 17.6 Å². The van der Waals surface area contributed by atoms with Gasteiger partial charge in [-0.3, -0.25) is 9.10 Å².